The van der Waals surface area contributed by atoms with Gasteiger partial charge < -0.3 is 10.1 Å². The fourth-order valence-corrected chi connectivity index (χ4v) is 1.76. The highest BCUT2D eigenvalue weighted by atomic mass is 35.5. The Morgan fingerprint density at radius 1 is 1.56 bits per heavy atom. The van der Waals surface area contributed by atoms with Crippen molar-refractivity contribution in [2.75, 3.05) is 13.2 Å². The maximum absolute atomic E-state index is 11.6. The maximum Gasteiger partial charge on any atom is 0.324 e. The van der Waals surface area contributed by atoms with Gasteiger partial charge in [0.1, 0.15) is 17.7 Å². The molecule has 0 bridgehead atoms. The third-order valence-electron chi connectivity index (χ3n) is 2.50. The molecule has 0 unspecified atom stereocenters. The van der Waals surface area contributed by atoms with Gasteiger partial charge in [-0.2, -0.15) is 0 Å². The number of carbonyl (C=O) groups excluding carboxylic acids is 2. The van der Waals surface area contributed by atoms with E-state index < -0.39 is 12.1 Å². The fourth-order valence-electron chi connectivity index (χ4n) is 1.58. The standard InChI is InChI=1S/C11H12ClN3O3/c1-7-10(16)15(11(17)14-7)5-6-18-9-8(12)3-2-4-13-9/h2-4,7H,5-6H2,1H3,(H,14,17)/t7-/m1/s1. The number of nitrogens with zero attached hydrogens (tertiary/aromatic N) is 2. The Hall–Kier alpha value is -1.82. The number of urea groups is 1. The first-order valence-corrected chi connectivity index (χ1v) is 5.82. The first-order chi connectivity index (χ1) is 8.59. The fraction of sp³-hybridized carbons (Fsp3) is 0.364. The molecule has 0 aromatic carbocycles. The van der Waals surface area contributed by atoms with E-state index in [1.54, 1.807) is 25.3 Å². The minimum atomic E-state index is -0.476. The summed E-state index contributed by atoms with van der Waals surface area (Å²) in [5, 5.41) is 2.91. The lowest BCUT2D eigenvalue weighted by molar-refractivity contribution is -0.127. The van der Waals surface area contributed by atoms with E-state index >= 15 is 0 Å². The summed E-state index contributed by atoms with van der Waals surface area (Å²) < 4.78 is 5.31. The first kappa shape index (κ1) is 12.6. The van der Waals surface area contributed by atoms with E-state index in [2.05, 4.69) is 10.3 Å². The molecule has 6 nitrogen and oxygen atoms in total. The van der Waals surface area contributed by atoms with Crippen molar-refractivity contribution in [3.05, 3.63) is 23.4 Å². The number of imide groups is 1. The SMILES string of the molecule is C[C@H]1NC(=O)N(CCOc2ncccc2Cl)C1=O. The first-order valence-electron chi connectivity index (χ1n) is 5.45. The van der Waals surface area contributed by atoms with Gasteiger partial charge in [-0.3, -0.25) is 9.69 Å². The Bertz CT molecular complexity index is 480. The predicted molar refractivity (Wildman–Crippen MR) is 64.4 cm³/mol. The van der Waals surface area contributed by atoms with Gasteiger partial charge in [0, 0.05) is 6.20 Å². The smallest absolute Gasteiger partial charge is 0.324 e. The minimum Gasteiger partial charge on any atom is -0.475 e. The highest BCUT2D eigenvalue weighted by Gasteiger charge is 2.34. The number of ether oxygens (including phenoxy) is 1. The molecule has 1 saturated heterocycles. The second-order valence-corrected chi connectivity index (χ2v) is 4.21. The van der Waals surface area contributed by atoms with Gasteiger partial charge in [0.25, 0.3) is 5.91 Å². The zero-order chi connectivity index (χ0) is 13.1. The van der Waals surface area contributed by atoms with Crippen molar-refractivity contribution in [3.63, 3.8) is 0 Å². The summed E-state index contributed by atoms with van der Waals surface area (Å²) in [4.78, 5) is 28.0. The van der Waals surface area contributed by atoms with Gasteiger partial charge in [-0.05, 0) is 19.1 Å². The normalized spacial score (nSPS) is 19.0. The molecule has 1 atom stereocenters. The molecule has 1 aromatic rings. The van der Waals surface area contributed by atoms with Gasteiger partial charge in [0.15, 0.2) is 0 Å². The Kier molecular flexibility index (Phi) is 3.66. The van der Waals surface area contributed by atoms with Gasteiger partial charge in [-0.25, -0.2) is 9.78 Å². The summed E-state index contributed by atoms with van der Waals surface area (Å²) in [6.45, 7) is 1.96. The molecule has 0 saturated carbocycles. The molecule has 1 aliphatic rings. The van der Waals surface area contributed by atoms with Gasteiger partial charge in [0.05, 0.1) is 6.54 Å². The third kappa shape index (κ3) is 2.53. The second kappa shape index (κ2) is 5.22. The Morgan fingerprint density at radius 2 is 2.33 bits per heavy atom. The van der Waals surface area contributed by atoms with E-state index in [-0.39, 0.29) is 19.1 Å². The number of hydrogen-bond acceptors (Lipinski definition) is 4. The van der Waals surface area contributed by atoms with Crippen LogP contribution in [0, 0.1) is 0 Å². The van der Waals surface area contributed by atoms with Crippen LogP contribution in [0.1, 0.15) is 6.92 Å². The van der Waals surface area contributed by atoms with Crippen molar-refractivity contribution in [1.29, 1.82) is 0 Å². The zero-order valence-electron chi connectivity index (χ0n) is 9.72. The summed E-state index contributed by atoms with van der Waals surface area (Å²) in [5.74, 6) is 0.0370. The molecule has 1 aliphatic heterocycles. The van der Waals surface area contributed by atoms with Crippen LogP contribution < -0.4 is 10.1 Å². The molecule has 96 valence electrons. The monoisotopic (exact) mass is 269 g/mol. The number of pyridine rings is 1. The van der Waals surface area contributed by atoms with Gasteiger partial charge in [-0.15, -0.1) is 0 Å². The van der Waals surface area contributed by atoms with Crippen LogP contribution in [0.4, 0.5) is 4.79 Å². The van der Waals surface area contributed by atoms with Crippen LogP contribution in [0.2, 0.25) is 5.02 Å². The molecule has 1 fully saturated rings. The highest BCUT2D eigenvalue weighted by Crippen LogP contribution is 2.19. The van der Waals surface area contributed by atoms with Crippen LogP contribution >= 0.6 is 11.6 Å². The number of hydrogen-bond donors (Lipinski definition) is 1. The molecule has 18 heavy (non-hydrogen) atoms. The Balaban J connectivity index is 1.88. The largest absolute Gasteiger partial charge is 0.475 e. The highest BCUT2D eigenvalue weighted by molar-refractivity contribution is 6.31. The summed E-state index contributed by atoms with van der Waals surface area (Å²) in [7, 11) is 0. The molecule has 1 aromatic heterocycles. The van der Waals surface area contributed by atoms with E-state index in [1.165, 1.54) is 0 Å². The average Bonchev–Trinajstić information content (AvgIpc) is 2.58. The molecule has 0 aliphatic carbocycles. The second-order valence-electron chi connectivity index (χ2n) is 3.80. The summed E-state index contributed by atoms with van der Waals surface area (Å²) >= 11 is 5.85. The zero-order valence-corrected chi connectivity index (χ0v) is 10.5. The van der Waals surface area contributed by atoms with E-state index in [1.807, 2.05) is 0 Å². The topological polar surface area (TPSA) is 71.5 Å². The van der Waals surface area contributed by atoms with E-state index in [4.69, 9.17) is 16.3 Å². The number of rotatable bonds is 4. The van der Waals surface area contributed by atoms with Crippen molar-refractivity contribution in [3.8, 4) is 5.88 Å². The number of halogens is 1. The van der Waals surface area contributed by atoms with Crippen LogP contribution in [0.25, 0.3) is 0 Å². The number of amides is 3. The van der Waals surface area contributed by atoms with Crippen molar-refractivity contribution in [2.24, 2.45) is 0 Å². The van der Waals surface area contributed by atoms with Crippen LogP contribution in [0.5, 0.6) is 5.88 Å². The molecule has 1 N–H and O–H groups in total. The third-order valence-corrected chi connectivity index (χ3v) is 2.79. The van der Waals surface area contributed by atoms with E-state index in [9.17, 15) is 9.59 Å². The van der Waals surface area contributed by atoms with E-state index in [0.717, 1.165) is 4.90 Å². The lowest BCUT2D eigenvalue weighted by Gasteiger charge is -2.13. The van der Waals surface area contributed by atoms with Crippen LogP contribution in [0.3, 0.4) is 0 Å². The van der Waals surface area contributed by atoms with Gasteiger partial charge >= 0.3 is 6.03 Å². The quantitative estimate of drug-likeness (QED) is 0.830. The number of nitrogens with one attached hydrogen (secondary N) is 1. The lowest BCUT2D eigenvalue weighted by atomic mass is 10.3. The number of aromatic nitrogens is 1. The molecule has 7 heteroatoms. The summed E-state index contributed by atoms with van der Waals surface area (Å²) in [6.07, 6.45) is 1.55. The molecule has 0 spiro atoms. The van der Waals surface area contributed by atoms with Crippen LogP contribution in [-0.2, 0) is 4.79 Å². The van der Waals surface area contributed by atoms with Gasteiger partial charge in [0.2, 0.25) is 5.88 Å². The summed E-state index contributed by atoms with van der Waals surface area (Å²) in [6, 6.07) is 2.47. The predicted octanol–water partition coefficient (Wildman–Crippen LogP) is 1.05. The summed E-state index contributed by atoms with van der Waals surface area (Å²) in [5.41, 5.74) is 0. The molecule has 2 rings (SSSR count). The van der Waals surface area contributed by atoms with E-state index in [0.29, 0.717) is 10.9 Å². The Morgan fingerprint density at radius 3 is 2.94 bits per heavy atom. The Labute approximate surface area is 109 Å². The minimum absolute atomic E-state index is 0.155. The van der Waals surface area contributed by atoms with Crippen molar-refractivity contribution >= 4 is 23.5 Å². The molecule has 2 heterocycles. The average molecular weight is 270 g/mol. The van der Waals surface area contributed by atoms with Crippen LogP contribution in [0.15, 0.2) is 18.3 Å². The molecule has 3 amide bonds. The van der Waals surface area contributed by atoms with Crippen molar-refractivity contribution in [2.45, 2.75) is 13.0 Å². The molecular formula is C11H12ClN3O3. The van der Waals surface area contributed by atoms with Gasteiger partial charge in [-0.1, -0.05) is 11.6 Å². The molecular weight excluding hydrogens is 258 g/mol. The van der Waals surface area contributed by atoms with Crippen molar-refractivity contribution in [1.82, 2.24) is 15.2 Å². The van der Waals surface area contributed by atoms with Crippen molar-refractivity contribution < 1.29 is 14.3 Å². The lowest BCUT2D eigenvalue weighted by Crippen LogP contribution is -2.34. The van der Waals surface area contributed by atoms with Crippen LogP contribution in [-0.4, -0.2) is 41.0 Å². The number of carbonyl (C=O) groups is 2. The molecule has 0 radical (unpaired) electrons. The maximum atomic E-state index is 11.6.